The number of rotatable bonds is 6. The number of halogens is 2. The van der Waals surface area contributed by atoms with E-state index in [0.717, 1.165) is 36.3 Å². The van der Waals surface area contributed by atoms with Gasteiger partial charge < -0.3 is 4.74 Å². The van der Waals surface area contributed by atoms with Crippen molar-refractivity contribution in [2.24, 2.45) is 0 Å². The molecule has 4 rings (SSSR count). The summed E-state index contributed by atoms with van der Waals surface area (Å²) in [5.41, 5.74) is 2.64. The van der Waals surface area contributed by atoms with Gasteiger partial charge in [0.15, 0.2) is 5.06 Å². The molecule has 0 amide bonds. The highest BCUT2D eigenvalue weighted by Crippen LogP contribution is 2.39. The van der Waals surface area contributed by atoms with Gasteiger partial charge in [-0.3, -0.25) is 0 Å². The molecular formula is C24H24F2OS. The quantitative estimate of drug-likeness (QED) is 0.415. The van der Waals surface area contributed by atoms with Crippen LogP contribution >= 0.6 is 11.3 Å². The molecule has 1 heterocycles. The van der Waals surface area contributed by atoms with Crippen LogP contribution in [0.3, 0.4) is 0 Å². The van der Waals surface area contributed by atoms with Gasteiger partial charge in [0.25, 0.3) is 0 Å². The SMILES string of the molecule is CCCc1ccc(-c2cc(F)c(-c3ccc(OC4CCCC4)s3)c(F)c2)cc1. The fraction of sp³-hybridized carbons (Fsp3) is 0.333. The Labute approximate surface area is 169 Å². The first-order chi connectivity index (χ1) is 13.6. The van der Waals surface area contributed by atoms with Crippen LogP contribution in [0.1, 0.15) is 44.6 Å². The monoisotopic (exact) mass is 398 g/mol. The summed E-state index contributed by atoms with van der Waals surface area (Å²) < 4.78 is 35.6. The van der Waals surface area contributed by atoms with Crippen LogP contribution in [-0.4, -0.2) is 6.10 Å². The molecule has 0 saturated heterocycles. The second kappa shape index (κ2) is 8.44. The van der Waals surface area contributed by atoms with E-state index in [-0.39, 0.29) is 11.7 Å². The van der Waals surface area contributed by atoms with Crippen LogP contribution in [-0.2, 0) is 6.42 Å². The Kier molecular flexibility index (Phi) is 5.77. The molecule has 0 spiro atoms. The minimum atomic E-state index is -0.540. The Morgan fingerprint density at radius 1 is 0.929 bits per heavy atom. The molecule has 0 bridgehead atoms. The molecule has 0 atom stereocenters. The lowest BCUT2D eigenvalue weighted by Gasteiger charge is -2.10. The number of thiophene rings is 1. The Bertz CT molecular complexity index is 916. The molecule has 1 saturated carbocycles. The summed E-state index contributed by atoms with van der Waals surface area (Å²) in [6.45, 7) is 2.13. The molecule has 3 aromatic rings. The highest BCUT2D eigenvalue weighted by Gasteiger charge is 2.20. The average molecular weight is 399 g/mol. The van der Waals surface area contributed by atoms with Crippen molar-refractivity contribution in [3.8, 4) is 26.6 Å². The zero-order valence-corrected chi connectivity index (χ0v) is 16.8. The number of benzene rings is 2. The minimum absolute atomic E-state index is 0.0256. The van der Waals surface area contributed by atoms with E-state index in [1.54, 1.807) is 6.07 Å². The van der Waals surface area contributed by atoms with Crippen molar-refractivity contribution in [2.75, 3.05) is 0 Å². The molecule has 1 aliphatic rings. The molecular weight excluding hydrogens is 374 g/mol. The van der Waals surface area contributed by atoms with Crippen LogP contribution in [0.2, 0.25) is 0 Å². The topological polar surface area (TPSA) is 9.23 Å². The lowest BCUT2D eigenvalue weighted by molar-refractivity contribution is 0.217. The Morgan fingerprint density at radius 3 is 2.25 bits per heavy atom. The first kappa shape index (κ1) is 19.1. The van der Waals surface area contributed by atoms with Gasteiger partial charge in [0.2, 0.25) is 0 Å². The summed E-state index contributed by atoms with van der Waals surface area (Å²) in [5, 5.41) is 0.733. The van der Waals surface area contributed by atoms with E-state index in [1.807, 2.05) is 30.3 Å². The zero-order valence-electron chi connectivity index (χ0n) is 16.0. The molecule has 0 N–H and O–H groups in total. The summed E-state index contributed by atoms with van der Waals surface area (Å²) >= 11 is 1.31. The van der Waals surface area contributed by atoms with E-state index in [4.69, 9.17) is 4.74 Å². The first-order valence-corrected chi connectivity index (χ1v) is 10.8. The molecule has 1 fully saturated rings. The fourth-order valence-corrected chi connectivity index (χ4v) is 4.79. The summed E-state index contributed by atoms with van der Waals surface area (Å²) in [4.78, 5) is 0.563. The van der Waals surface area contributed by atoms with E-state index in [1.165, 1.54) is 41.9 Å². The van der Waals surface area contributed by atoms with Crippen molar-refractivity contribution in [1.29, 1.82) is 0 Å². The van der Waals surface area contributed by atoms with E-state index in [2.05, 4.69) is 6.92 Å². The van der Waals surface area contributed by atoms with Crippen LogP contribution in [0.4, 0.5) is 8.78 Å². The molecule has 0 unspecified atom stereocenters. The van der Waals surface area contributed by atoms with Gasteiger partial charge in [-0.2, -0.15) is 0 Å². The number of aryl methyl sites for hydroxylation is 1. The molecule has 0 radical (unpaired) electrons. The van der Waals surface area contributed by atoms with Gasteiger partial charge in [-0.25, -0.2) is 8.78 Å². The van der Waals surface area contributed by atoms with Crippen LogP contribution in [0.25, 0.3) is 21.6 Å². The minimum Gasteiger partial charge on any atom is -0.481 e. The second-order valence-corrected chi connectivity index (χ2v) is 8.45. The normalized spacial score (nSPS) is 14.5. The third-order valence-electron chi connectivity index (χ3n) is 5.28. The highest BCUT2D eigenvalue weighted by atomic mass is 32.1. The second-order valence-electron chi connectivity index (χ2n) is 7.40. The molecule has 146 valence electrons. The third kappa shape index (κ3) is 4.12. The van der Waals surface area contributed by atoms with Crippen molar-refractivity contribution in [1.82, 2.24) is 0 Å². The molecule has 4 heteroatoms. The summed E-state index contributed by atoms with van der Waals surface area (Å²) in [6, 6.07) is 14.3. The number of hydrogen-bond acceptors (Lipinski definition) is 2. The van der Waals surface area contributed by atoms with E-state index < -0.39 is 11.6 Å². The fourth-order valence-electron chi connectivity index (χ4n) is 3.82. The van der Waals surface area contributed by atoms with Gasteiger partial charge in [0, 0.05) is 4.88 Å². The predicted molar refractivity (Wildman–Crippen MR) is 112 cm³/mol. The highest BCUT2D eigenvalue weighted by molar-refractivity contribution is 7.17. The Balaban J connectivity index is 1.58. The number of hydrogen-bond donors (Lipinski definition) is 0. The van der Waals surface area contributed by atoms with Gasteiger partial charge >= 0.3 is 0 Å². The van der Waals surface area contributed by atoms with Gasteiger partial charge in [0.05, 0.1) is 11.7 Å². The molecule has 0 aliphatic heterocycles. The molecule has 1 aromatic heterocycles. The van der Waals surface area contributed by atoms with Crippen molar-refractivity contribution < 1.29 is 13.5 Å². The van der Waals surface area contributed by atoms with Crippen molar-refractivity contribution in [2.45, 2.75) is 51.6 Å². The van der Waals surface area contributed by atoms with E-state index >= 15 is 0 Å². The lowest BCUT2D eigenvalue weighted by Crippen LogP contribution is -2.09. The van der Waals surface area contributed by atoms with Gasteiger partial charge in [0.1, 0.15) is 11.6 Å². The van der Waals surface area contributed by atoms with Gasteiger partial charge in [-0.05, 0) is 73.1 Å². The van der Waals surface area contributed by atoms with Crippen LogP contribution in [0.15, 0.2) is 48.5 Å². The summed E-state index contributed by atoms with van der Waals surface area (Å²) in [5.74, 6) is -1.08. The average Bonchev–Trinajstić information content (AvgIpc) is 3.35. The Morgan fingerprint density at radius 2 is 1.61 bits per heavy atom. The maximum absolute atomic E-state index is 14.8. The van der Waals surface area contributed by atoms with Crippen molar-refractivity contribution in [3.63, 3.8) is 0 Å². The smallest absolute Gasteiger partial charge is 0.174 e. The van der Waals surface area contributed by atoms with Gasteiger partial charge in [-0.15, -0.1) is 0 Å². The van der Waals surface area contributed by atoms with Crippen molar-refractivity contribution >= 4 is 11.3 Å². The van der Waals surface area contributed by atoms with Crippen molar-refractivity contribution in [3.05, 3.63) is 65.7 Å². The van der Waals surface area contributed by atoms with Crippen LogP contribution in [0, 0.1) is 11.6 Å². The predicted octanol–water partition coefficient (Wildman–Crippen LogP) is 7.63. The van der Waals surface area contributed by atoms with E-state index in [0.29, 0.717) is 10.4 Å². The lowest BCUT2D eigenvalue weighted by atomic mass is 10.00. The van der Waals surface area contributed by atoms with Crippen LogP contribution in [0.5, 0.6) is 5.06 Å². The zero-order chi connectivity index (χ0) is 19.5. The molecule has 1 nitrogen and oxygen atoms in total. The molecule has 28 heavy (non-hydrogen) atoms. The largest absolute Gasteiger partial charge is 0.481 e. The van der Waals surface area contributed by atoms with Gasteiger partial charge in [-0.1, -0.05) is 48.9 Å². The maximum atomic E-state index is 14.8. The first-order valence-electron chi connectivity index (χ1n) is 9.99. The summed E-state index contributed by atoms with van der Waals surface area (Å²) in [6.07, 6.45) is 6.80. The molecule has 2 aromatic carbocycles. The maximum Gasteiger partial charge on any atom is 0.174 e. The number of ether oxygens (including phenoxy) is 1. The molecule has 1 aliphatic carbocycles. The van der Waals surface area contributed by atoms with E-state index in [9.17, 15) is 8.78 Å². The standard InChI is InChI=1S/C24H24F2OS/c1-2-5-16-8-10-17(11-9-16)18-14-20(25)24(21(26)15-18)22-12-13-23(28-22)27-19-6-3-4-7-19/h8-15,19H,2-7H2,1H3. The third-order valence-corrected chi connectivity index (χ3v) is 6.27. The van der Waals surface area contributed by atoms with Crippen LogP contribution < -0.4 is 4.74 Å². The summed E-state index contributed by atoms with van der Waals surface area (Å²) in [7, 11) is 0. The Hall–Kier alpha value is -2.20.